The molecule has 2 aromatic heterocycles. The molecule has 21 heavy (non-hydrogen) atoms. The number of hydrogen-bond donors (Lipinski definition) is 1. The fourth-order valence-electron chi connectivity index (χ4n) is 2.32. The van der Waals surface area contributed by atoms with Crippen LogP contribution in [0.5, 0.6) is 0 Å². The van der Waals surface area contributed by atoms with E-state index in [1.54, 1.807) is 0 Å². The molecule has 0 atom stereocenters. The summed E-state index contributed by atoms with van der Waals surface area (Å²) < 4.78 is 7.41. The van der Waals surface area contributed by atoms with Crippen molar-refractivity contribution in [1.82, 2.24) is 15.1 Å². The Morgan fingerprint density at radius 1 is 1.33 bits per heavy atom. The van der Waals surface area contributed by atoms with Crippen LogP contribution in [-0.4, -0.2) is 22.2 Å². The molecule has 0 fully saturated rings. The third-order valence-electron chi connectivity index (χ3n) is 3.37. The fourth-order valence-corrected chi connectivity index (χ4v) is 2.32. The van der Waals surface area contributed by atoms with Crippen molar-refractivity contribution in [3.8, 4) is 0 Å². The van der Waals surface area contributed by atoms with E-state index in [9.17, 15) is 4.79 Å². The highest BCUT2D eigenvalue weighted by Crippen LogP contribution is 2.06. The number of furan rings is 1. The van der Waals surface area contributed by atoms with E-state index in [1.165, 1.54) is 0 Å². The molecule has 0 aliphatic heterocycles. The normalized spacial score (nSPS) is 10.8. The van der Waals surface area contributed by atoms with Crippen LogP contribution in [0.15, 0.2) is 22.6 Å². The maximum Gasteiger partial charge on any atom is 0.220 e. The van der Waals surface area contributed by atoms with Crippen LogP contribution in [0.25, 0.3) is 0 Å². The second kappa shape index (κ2) is 7.11. The molecule has 0 unspecified atom stereocenters. The standard InChI is InChI=1S/C16H23N3O2/c1-12-11-13(2)19(18-12)10-4-5-16(20)17-9-8-15-7-6-14(3)21-15/h6-7,11H,4-5,8-10H2,1-3H3,(H,17,20). The van der Waals surface area contributed by atoms with Gasteiger partial charge in [-0.25, -0.2) is 0 Å². The number of aryl methyl sites for hydroxylation is 4. The highest BCUT2D eigenvalue weighted by atomic mass is 16.3. The van der Waals surface area contributed by atoms with E-state index in [2.05, 4.69) is 10.4 Å². The molecule has 5 heteroatoms. The number of amides is 1. The van der Waals surface area contributed by atoms with Crippen LogP contribution >= 0.6 is 0 Å². The summed E-state index contributed by atoms with van der Waals surface area (Å²) in [4.78, 5) is 11.7. The van der Waals surface area contributed by atoms with Gasteiger partial charge in [-0.1, -0.05) is 0 Å². The van der Waals surface area contributed by atoms with Gasteiger partial charge in [-0.3, -0.25) is 9.48 Å². The van der Waals surface area contributed by atoms with E-state index in [4.69, 9.17) is 4.42 Å². The Kier molecular flexibility index (Phi) is 5.20. The molecule has 114 valence electrons. The van der Waals surface area contributed by atoms with Crippen molar-refractivity contribution in [3.63, 3.8) is 0 Å². The first-order valence-electron chi connectivity index (χ1n) is 7.37. The van der Waals surface area contributed by atoms with Gasteiger partial charge in [0.25, 0.3) is 0 Å². The lowest BCUT2D eigenvalue weighted by Gasteiger charge is -2.05. The first-order chi connectivity index (χ1) is 10.0. The average Bonchev–Trinajstić information content (AvgIpc) is 2.96. The van der Waals surface area contributed by atoms with Crippen LogP contribution < -0.4 is 5.32 Å². The zero-order valence-corrected chi connectivity index (χ0v) is 13.0. The van der Waals surface area contributed by atoms with Gasteiger partial charge in [0, 0.05) is 31.6 Å². The minimum absolute atomic E-state index is 0.0832. The highest BCUT2D eigenvalue weighted by molar-refractivity contribution is 5.75. The van der Waals surface area contributed by atoms with E-state index >= 15 is 0 Å². The second-order valence-corrected chi connectivity index (χ2v) is 5.37. The third-order valence-corrected chi connectivity index (χ3v) is 3.37. The highest BCUT2D eigenvalue weighted by Gasteiger charge is 2.05. The minimum atomic E-state index is 0.0832. The Hall–Kier alpha value is -2.04. The summed E-state index contributed by atoms with van der Waals surface area (Å²) in [5.74, 6) is 1.90. The van der Waals surface area contributed by atoms with Crippen LogP contribution in [0, 0.1) is 20.8 Å². The van der Waals surface area contributed by atoms with Gasteiger partial charge in [0.05, 0.1) is 5.69 Å². The molecule has 0 bridgehead atoms. The molecule has 0 saturated carbocycles. The zero-order valence-electron chi connectivity index (χ0n) is 13.0. The van der Waals surface area contributed by atoms with Gasteiger partial charge in [-0.15, -0.1) is 0 Å². The van der Waals surface area contributed by atoms with Gasteiger partial charge in [-0.2, -0.15) is 5.10 Å². The largest absolute Gasteiger partial charge is 0.466 e. The monoisotopic (exact) mass is 289 g/mol. The number of nitrogens with zero attached hydrogens (tertiary/aromatic N) is 2. The maximum absolute atomic E-state index is 11.7. The number of carbonyl (C=O) groups excluding carboxylic acids is 1. The molecule has 1 amide bonds. The van der Waals surface area contributed by atoms with Crippen molar-refractivity contribution in [2.75, 3.05) is 6.54 Å². The number of rotatable bonds is 7. The van der Waals surface area contributed by atoms with Crippen LogP contribution in [0.4, 0.5) is 0 Å². The molecule has 1 N–H and O–H groups in total. The molecule has 2 aromatic rings. The second-order valence-electron chi connectivity index (χ2n) is 5.37. The predicted molar refractivity (Wildman–Crippen MR) is 81.1 cm³/mol. The summed E-state index contributed by atoms with van der Waals surface area (Å²) >= 11 is 0. The lowest BCUT2D eigenvalue weighted by Crippen LogP contribution is -2.25. The number of carbonyl (C=O) groups is 1. The molecule has 0 saturated heterocycles. The average molecular weight is 289 g/mol. The van der Waals surface area contributed by atoms with E-state index in [1.807, 2.05) is 43.7 Å². The van der Waals surface area contributed by atoms with E-state index in [0.717, 1.165) is 42.3 Å². The summed E-state index contributed by atoms with van der Waals surface area (Å²) in [5.41, 5.74) is 2.16. The van der Waals surface area contributed by atoms with E-state index in [-0.39, 0.29) is 5.91 Å². The van der Waals surface area contributed by atoms with Crippen molar-refractivity contribution in [1.29, 1.82) is 0 Å². The number of aromatic nitrogens is 2. The van der Waals surface area contributed by atoms with Crippen molar-refractivity contribution < 1.29 is 9.21 Å². The van der Waals surface area contributed by atoms with E-state index in [0.29, 0.717) is 13.0 Å². The minimum Gasteiger partial charge on any atom is -0.466 e. The molecule has 0 spiro atoms. The SMILES string of the molecule is Cc1cc(C)n(CCCC(=O)NCCc2ccc(C)o2)n1. The Morgan fingerprint density at radius 2 is 2.14 bits per heavy atom. The summed E-state index contributed by atoms with van der Waals surface area (Å²) in [6.45, 7) is 7.33. The Bertz CT molecular complexity index is 598. The van der Waals surface area contributed by atoms with Crippen LogP contribution in [-0.2, 0) is 17.8 Å². The van der Waals surface area contributed by atoms with Gasteiger partial charge >= 0.3 is 0 Å². The van der Waals surface area contributed by atoms with Crippen LogP contribution in [0.1, 0.15) is 35.7 Å². The summed E-state index contributed by atoms with van der Waals surface area (Å²) in [5, 5.41) is 7.30. The number of nitrogens with one attached hydrogen (secondary N) is 1. The van der Waals surface area contributed by atoms with Crippen LogP contribution in [0.2, 0.25) is 0 Å². The van der Waals surface area contributed by atoms with Gasteiger partial charge in [0.2, 0.25) is 5.91 Å². The molecule has 0 aromatic carbocycles. The molecule has 5 nitrogen and oxygen atoms in total. The zero-order chi connectivity index (χ0) is 15.2. The summed E-state index contributed by atoms with van der Waals surface area (Å²) in [6.07, 6.45) is 2.06. The molecule has 0 radical (unpaired) electrons. The predicted octanol–water partition coefficient (Wildman–Crippen LogP) is 2.54. The van der Waals surface area contributed by atoms with Crippen molar-refractivity contribution in [3.05, 3.63) is 41.1 Å². The number of hydrogen-bond acceptors (Lipinski definition) is 3. The first kappa shape index (κ1) is 15.4. The van der Waals surface area contributed by atoms with E-state index < -0.39 is 0 Å². The Morgan fingerprint density at radius 3 is 2.76 bits per heavy atom. The van der Waals surface area contributed by atoms with Gasteiger partial charge in [-0.05, 0) is 45.4 Å². The third kappa shape index (κ3) is 4.77. The van der Waals surface area contributed by atoms with Crippen molar-refractivity contribution in [2.24, 2.45) is 0 Å². The smallest absolute Gasteiger partial charge is 0.220 e. The molecule has 2 rings (SSSR count). The summed E-state index contributed by atoms with van der Waals surface area (Å²) in [7, 11) is 0. The molecule has 2 heterocycles. The lowest BCUT2D eigenvalue weighted by molar-refractivity contribution is -0.121. The molecule has 0 aliphatic carbocycles. The maximum atomic E-state index is 11.7. The molecule has 0 aliphatic rings. The lowest BCUT2D eigenvalue weighted by atomic mass is 10.2. The summed E-state index contributed by atoms with van der Waals surface area (Å²) in [6, 6.07) is 5.93. The van der Waals surface area contributed by atoms with Crippen molar-refractivity contribution >= 4 is 5.91 Å². The first-order valence-corrected chi connectivity index (χ1v) is 7.37. The van der Waals surface area contributed by atoms with Gasteiger partial charge in [0.15, 0.2) is 0 Å². The Balaban J connectivity index is 1.62. The molecular formula is C16H23N3O2. The van der Waals surface area contributed by atoms with Crippen molar-refractivity contribution in [2.45, 2.75) is 46.6 Å². The fraction of sp³-hybridized carbons (Fsp3) is 0.500. The van der Waals surface area contributed by atoms with Gasteiger partial charge < -0.3 is 9.73 Å². The molecular weight excluding hydrogens is 266 g/mol. The van der Waals surface area contributed by atoms with Gasteiger partial charge in [0.1, 0.15) is 11.5 Å². The topological polar surface area (TPSA) is 60.1 Å². The Labute approximate surface area is 125 Å². The van der Waals surface area contributed by atoms with Crippen LogP contribution in [0.3, 0.4) is 0 Å². The quantitative estimate of drug-likeness (QED) is 0.852.